The zero-order chi connectivity index (χ0) is 12.6. The van der Waals surface area contributed by atoms with Gasteiger partial charge < -0.3 is 10.4 Å². The number of amides is 1. The Morgan fingerprint density at radius 2 is 1.88 bits per heavy atom. The van der Waals surface area contributed by atoms with Crippen LogP contribution in [0.15, 0.2) is 0 Å². The number of carbonyl (C=O) groups is 1. The summed E-state index contributed by atoms with van der Waals surface area (Å²) in [5, 5.41) is 11.9. The quantitative estimate of drug-likeness (QED) is 0.650. The van der Waals surface area contributed by atoms with Gasteiger partial charge in [0.05, 0.1) is 6.54 Å². The second-order valence-corrected chi connectivity index (χ2v) is 4.39. The molecule has 0 rings (SSSR count). The van der Waals surface area contributed by atoms with Crippen molar-refractivity contribution in [2.75, 3.05) is 26.2 Å². The van der Waals surface area contributed by atoms with Crippen LogP contribution in [0.5, 0.6) is 0 Å². The molecule has 0 aromatic heterocycles. The molecule has 0 spiro atoms. The molecule has 0 aromatic carbocycles. The Bertz CT molecular complexity index is 191. The number of carbonyl (C=O) groups excluding carboxylic acids is 1. The van der Waals surface area contributed by atoms with Crippen LogP contribution in [0, 0.1) is 5.92 Å². The average molecular weight is 230 g/mol. The third-order valence-corrected chi connectivity index (χ3v) is 2.85. The maximum atomic E-state index is 11.7. The topological polar surface area (TPSA) is 52.6 Å². The third-order valence-electron chi connectivity index (χ3n) is 2.85. The minimum atomic E-state index is 0.0517. The van der Waals surface area contributed by atoms with E-state index in [1.165, 1.54) is 0 Å². The van der Waals surface area contributed by atoms with Crippen LogP contribution in [0.2, 0.25) is 0 Å². The molecule has 1 amide bonds. The Labute approximate surface area is 99.0 Å². The molecule has 0 saturated carbocycles. The van der Waals surface area contributed by atoms with Crippen LogP contribution in [0.25, 0.3) is 0 Å². The van der Waals surface area contributed by atoms with Crippen LogP contribution in [0.3, 0.4) is 0 Å². The molecule has 0 aliphatic rings. The van der Waals surface area contributed by atoms with Crippen LogP contribution in [0.1, 0.15) is 34.1 Å². The first-order chi connectivity index (χ1) is 7.54. The van der Waals surface area contributed by atoms with E-state index in [-0.39, 0.29) is 18.6 Å². The first kappa shape index (κ1) is 15.4. The predicted molar refractivity (Wildman–Crippen MR) is 66.3 cm³/mol. The highest BCUT2D eigenvalue weighted by Crippen LogP contribution is 2.05. The molecule has 4 heteroatoms. The molecule has 4 nitrogen and oxygen atoms in total. The van der Waals surface area contributed by atoms with Gasteiger partial charge in [0.15, 0.2) is 0 Å². The van der Waals surface area contributed by atoms with Gasteiger partial charge in [0, 0.05) is 12.6 Å². The lowest BCUT2D eigenvalue weighted by molar-refractivity contribution is -0.123. The minimum absolute atomic E-state index is 0.0517. The van der Waals surface area contributed by atoms with Crippen LogP contribution >= 0.6 is 0 Å². The van der Waals surface area contributed by atoms with Gasteiger partial charge in [-0.15, -0.1) is 0 Å². The van der Waals surface area contributed by atoms with Crippen molar-refractivity contribution in [3.63, 3.8) is 0 Å². The van der Waals surface area contributed by atoms with Crippen molar-refractivity contribution in [3.8, 4) is 0 Å². The van der Waals surface area contributed by atoms with Gasteiger partial charge >= 0.3 is 0 Å². The Hall–Kier alpha value is -0.610. The van der Waals surface area contributed by atoms with E-state index in [0.717, 1.165) is 13.1 Å². The lowest BCUT2D eigenvalue weighted by atomic mass is 10.0. The van der Waals surface area contributed by atoms with E-state index in [4.69, 9.17) is 5.11 Å². The van der Waals surface area contributed by atoms with Crippen LogP contribution in [0.4, 0.5) is 0 Å². The van der Waals surface area contributed by atoms with Crippen molar-refractivity contribution >= 4 is 5.91 Å². The minimum Gasteiger partial charge on any atom is -0.396 e. The second-order valence-electron chi connectivity index (χ2n) is 4.39. The summed E-state index contributed by atoms with van der Waals surface area (Å²) < 4.78 is 0. The normalized spacial score (nSPS) is 13.2. The summed E-state index contributed by atoms with van der Waals surface area (Å²) in [5.74, 6) is 0.406. The average Bonchev–Trinajstić information content (AvgIpc) is 2.25. The Morgan fingerprint density at radius 3 is 2.25 bits per heavy atom. The number of nitrogens with one attached hydrogen (secondary N) is 1. The van der Waals surface area contributed by atoms with Crippen molar-refractivity contribution < 1.29 is 9.90 Å². The molecule has 16 heavy (non-hydrogen) atoms. The van der Waals surface area contributed by atoms with Gasteiger partial charge in [-0.2, -0.15) is 0 Å². The summed E-state index contributed by atoms with van der Waals surface area (Å²) in [6, 6.07) is 0.0769. The highest BCUT2D eigenvalue weighted by molar-refractivity contribution is 5.78. The van der Waals surface area contributed by atoms with Gasteiger partial charge in [-0.25, -0.2) is 0 Å². The predicted octanol–water partition coefficient (Wildman–Crippen LogP) is 0.851. The van der Waals surface area contributed by atoms with E-state index in [2.05, 4.69) is 24.1 Å². The van der Waals surface area contributed by atoms with Gasteiger partial charge in [-0.05, 0) is 25.4 Å². The molecule has 0 aromatic rings. The van der Waals surface area contributed by atoms with E-state index in [0.29, 0.717) is 18.9 Å². The molecular weight excluding hydrogens is 204 g/mol. The Morgan fingerprint density at radius 1 is 1.31 bits per heavy atom. The maximum absolute atomic E-state index is 11.7. The molecular formula is C12H26N2O2. The first-order valence-corrected chi connectivity index (χ1v) is 6.17. The maximum Gasteiger partial charge on any atom is 0.234 e. The first-order valence-electron chi connectivity index (χ1n) is 6.17. The zero-order valence-corrected chi connectivity index (χ0v) is 11.0. The van der Waals surface area contributed by atoms with Gasteiger partial charge in [-0.3, -0.25) is 9.69 Å². The van der Waals surface area contributed by atoms with E-state index in [1.54, 1.807) is 0 Å². The fraction of sp³-hybridized carbons (Fsp3) is 0.917. The van der Waals surface area contributed by atoms with Crippen molar-refractivity contribution in [2.24, 2.45) is 5.92 Å². The van der Waals surface area contributed by atoms with E-state index in [9.17, 15) is 4.79 Å². The van der Waals surface area contributed by atoms with E-state index < -0.39 is 0 Å². The standard InChI is InChI=1S/C12H26N2O2/c1-5-14(6-2)9-12(16)13-11(7-8-15)10(3)4/h10-11,15H,5-9H2,1-4H3,(H,13,16). The van der Waals surface area contributed by atoms with E-state index >= 15 is 0 Å². The monoisotopic (exact) mass is 230 g/mol. The number of rotatable bonds is 8. The summed E-state index contributed by atoms with van der Waals surface area (Å²) in [5.41, 5.74) is 0. The fourth-order valence-electron chi connectivity index (χ4n) is 1.61. The van der Waals surface area contributed by atoms with Crippen molar-refractivity contribution in [1.82, 2.24) is 10.2 Å². The van der Waals surface area contributed by atoms with Crippen molar-refractivity contribution in [3.05, 3.63) is 0 Å². The number of aliphatic hydroxyl groups excluding tert-OH is 1. The molecule has 2 N–H and O–H groups in total. The summed E-state index contributed by atoms with van der Waals surface area (Å²) in [6.07, 6.45) is 0.627. The smallest absolute Gasteiger partial charge is 0.234 e. The third kappa shape index (κ3) is 6.08. The molecule has 1 atom stereocenters. The molecule has 1 unspecified atom stereocenters. The van der Waals surface area contributed by atoms with E-state index in [1.807, 2.05) is 13.8 Å². The summed E-state index contributed by atoms with van der Waals surface area (Å²) in [7, 11) is 0. The lowest BCUT2D eigenvalue weighted by Crippen LogP contribution is -2.44. The number of nitrogens with zero attached hydrogens (tertiary/aromatic N) is 1. The van der Waals surface area contributed by atoms with Crippen LogP contribution < -0.4 is 5.32 Å². The number of hydrogen-bond donors (Lipinski definition) is 2. The molecule has 0 aliphatic carbocycles. The van der Waals surface area contributed by atoms with Gasteiger partial charge in [0.2, 0.25) is 5.91 Å². The SMILES string of the molecule is CCN(CC)CC(=O)NC(CCO)C(C)C. The second kappa shape index (κ2) is 8.53. The summed E-state index contributed by atoms with van der Waals surface area (Å²) in [4.78, 5) is 13.8. The van der Waals surface area contributed by atoms with Crippen LogP contribution in [-0.2, 0) is 4.79 Å². The Balaban J connectivity index is 4.08. The summed E-state index contributed by atoms with van der Waals surface area (Å²) >= 11 is 0. The molecule has 0 aliphatic heterocycles. The van der Waals surface area contributed by atoms with Crippen molar-refractivity contribution in [1.29, 1.82) is 0 Å². The number of likely N-dealkylation sites (N-methyl/N-ethyl adjacent to an activating group) is 1. The lowest BCUT2D eigenvalue weighted by Gasteiger charge is -2.24. The van der Waals surface area contributed by atoms with Gasteiger partial charge in [0.1, 0.15) is 0 Å². The van der Waals surface area contributed by atoms with Crippen LogP contribution in [-0.4, -0.2) is 48.2 Å². The molecule has 96 valence electrons. The number of aliphatic hydroxyl groups is 1. The molecule has 0 radical (unpaired) electrons. The largest absolute Gasteiger partial charge is 0.396 e. The van der Waals surface area contributed by atoms with Gasteiger partial charge in [0.25, 0.3) is 0 Å². The zero-order valence-electron chi connectivity index (χ0n) is 11.0. The molecule has 0 fully saturated rings. The highest BCUT2D eigenvalue weighted by atomic mass is 16.3. The molecule has 0 saturated heterocycles. The van der Waals surface area contributed by atoms with Crippen molar-refractivity contribution in [2.45, 2.75) is 40.2 Å². The number of hydrogen-bond acceptors (Lipinski definition) is 3. The fourth-order valence-corrected chi connectivity index (χ4v) is 1.61. The highest BCUT2D eigenvalue weighted by Gasteiger charge is 2.16. The molecule has 0 bridgehead atoms. The Kier molecular flexibility index (Phi) is 8.21. The summed E-state index contributed by atoms with van der Waals surface area (Å²) in [6.45, 7) is 10.5. The van der Waals surface area contributed by atoms with Gasteiger partial charge in [-0.1, -0.05) is 27.7 Å². The molecule has 0 heterocycles.